The van der Waals surface area contributed by atoms with Gasteiger partial charge in [0.05, 0.1) is 0 Å². The van der Waals surface area contributed by atoms with Crippen molar-refractivity contribution in [2.45, 2.75) is 0 Å². The van der Waals surface area contributed by atoms with E-state index in [0.29, 0.717) is 0 Å². The number of rotatable bonds is 6. The predicted octanol–water partition coefficient (Wildman–Crippen LogP) is -0.142. The Morgan fingerprint density at radius 2 is 1.43 bits per heavy atom. The van der Waals surface area contributed by atoms with Crippen LogP contribution in [0, 0.1) is 20.2 Å². The van der Waals surface area contributed by atoms with E-state index < -0.39 is 22.9 Å². The lowest BCUT2D eigenvalue weighted by Gasteiger charge is -2.04. The summed E-state index contributed by atoms with van der Waals surface area (Å²) < 4.78 is 9.16. The number of hydrogen-bond acceptors (Lipinski definition) is 7. The molecule has 9 heteroatoms. The number of nitrogens with zero attached hydrogens (tertiary/aromatic N) is 2. The molecule has 14 heavy (non-hydrogen) atoms. The lowest BCUT2D eigenvalue weighted by atomic mass is 10.7. The molecule has 0 atom stereocenters. The Kier molecular flexibility index (Phi) is 6.20. The molecule has 0 aliphatic rings. The standard InChI is InChI=1S/C5H8N2O6S/c8-6(9)1-3-12-5(14)13-4-2-7(10)11/h1-4H2. The second-order valence-electron chi connectivity index (χ2n) is 2.06. The maximum Gasteiger partial charge on any atom is 0.352 e. The van der Waals surface area contributed by atoms with Crippen LogP contribution < -0.4 is 0 Å². The van der Waals surface area contributed by atoms with Crippen molar-refractivity contribution in [2.24, 2.45) is 0 Å². The Morgan fingerprint density at radius 1 is 1.07 bits per heavy atom. The lowest BCUT2D eigenvalue weighted by molar-refractivity contribution is -0.483. The Hall–Kier alpha value is -1.51. The molecule has 0 saturated carbocycles. The van der Waals surface area contributed by atoms with Gasteiger partial charge in [0.15, 0.2) is 13.2 Å². The van der Waals surface area contributed by atoms with Crippen molar-refractivity contribution in [3.05, 3.63) is 20.2 Å². The Balaban J connectivity index is 3.37. The zero-order chi connectivity index (χ0) is 11.0. The van der Waals surface area contributed by atoms with Crippen molar-refractivity contribution in [1.82, 2.24) is 0 Å². The van der Waals surface area contributed by atoms with Crippen LogP contribution in [0.5, 0.6) is 0 Å². The summed E-state index contributed by atoms with van der Waals surface area (Å²) in [6.07, 6.45) is 0. The summed E-state index contributed by atoms with van der Waals surface area (Å²) in [6, 6.07) is 0. The summed E-state index contributed by atoms with van der Waals surface area (Å²) in [7, 11) is 0. The number of thiocarbonyl (C=S) groups is 1. The van der Waals surface area contributed by atoms with E-state index in [1.54, 1.807) is 0 Å². The smallest absolute Gasteiger partial charge is 0.352 e. The van der Waals surface area contributed by atoms with E-state index in [2.05, 4.69) is 21.7 Å². The molecule has 0 rings (SSSR count). The molecule has 0 aromatic rings. The molecular formula is C5H8N2O6S. The van der Waals surface area contributed by atoms with Gasteiger partial charge in [-0.3, -0.25) is 20.2 Å². The van der Waals surface area contributed by atoms with Gasteiger partial charge >= 0.3 is 5.24 Å². The lowest BCUT2D eigenvalue weighted by Crippen LogP contribution is -2.17. The van der Waals surface area contributed by atoms with Crippen LogP contribution in [0.1, 0.15) is 0 Å². The molecule has 0 fully saturated rings. The molecule has 8 nitrogen and oxygen atoms in total. The molecule has 0 saturated heterocycles. The van der Waals surface area contributed by atoms with E-state index >= 15 is 0 Å². The molecule has 0 aliphatic carbocycles. The molecule has 0 radical (unpaired) electrons. The third-order valence-electron chi connectivity index (χ3n) is 0.988. The van der Waals surface area contributed by atoms with Gasteiger partial charge in [-0.2, -0.15) is 0 Å². The zero-order valence-electron chi connectivity index (χ0n) is 7.08. The highest BCUT2D eigenvalue weighted by molar-refractivity contribution is 7.79. The summed E-state index contributed by atoms with van der Waals surface area (Å²) in [5.74, 6) is 0. The first-order valence-corrected chi connectivity index (χ1v) is 3.96. The van der Waals surface area contributed by atoms with Crippen molar-refractivity contribution in [2.75, 3.05) is 26.3 Å². The van der Waals surface area contributed by atoms with Gasteiger partial charge in [-0.1, -0.05) is 0 Å². The van der Waals surface area contributed by atoms with Crippen LogP contribution in [0.25, 0.3) is 0 Å². The van der Waals surface area contributed by atoms with E-state index in [4.69, 9.17) is 0 Å². The minimum atomic E-state index is -0.570. The van der Waals surface area contributed by atoms with Gasteiger partial charge in [0.2, 0.25) is 13.1 Å². The molecule has 0 bridgehead atoms. The first-order chi connectivity index (χ1) is 6.52. The van der Waals surface area contributed by atoms with Crippen molar-refractivity contribution >= 4 is 17.5 Å². The third kappa shape index (κ3) is 8.59. The summed E-state index contributed by atoms with van der Waals surface area (Å²) in [6.45, 7) is -1.19. The van der Waals surface area contributed by atoms with Gasteiger partial charge in [0.1, 0.15) is 0 Å². The molecule has 0 unspecified atom stereocenters. The second kappa shape index (κ2) is 6.95. The molecule has 0 N–H and O–H groups in total. The summed E-state index contributed by atoms with van der Waals surface area (Å²) in [5.41, 5.74) is 0. The maximum absolute atomic E-state index is 9.84. The quantitative estimate of drug-likeness (QED) is 0.351. The van der Waals surface area contributed by atoms with Crippen molar-refractivity contribution in [3.8, 4) is 0 Å². The Bertz CT molecular complexity index is 210. The van der Waals surface area contributed by atoms with Crippen LogP contribution in [0.15, 0.2) is 0 Å². The van der Waals surface area contributed by atoms with E-state index in [-0.39, 0.29) is 18.5 Å². The minimum absolute atomic E-state index is 0.204. The van der Waals surface area contributed by atoms with Gasteiger partial charge in [0, 0.05) is 22.1 Å². The van der Waals surface area contributed by atoms with Gasteiger partial charge in [-0.05, 0) is 0 Å². The summed E-state index contributed by atoms with van der Waals surface area (Å²) >= 11 is 4.47. The van der Waals surface area contributed by atoms with Crippen molar-refractivity contribution in [1.29, 1.82) is 0 Å². The zero-order valence-corrected chi connectivity index (χ0v) is 7.90. The van der Waals surface area contributed by atoms with Crippen LogP contribution in [-0.2, 0) is 9.47 Å². The van der Waals surface area contributed by atoms with Crippen molar-refractivity contribution in [3.63, 3.8) is 0 Å². The van der Waals surface area contributed by atoms with Gasteiger partial charge in [-0.15, -0.1) is 0 Å². The summed E-state index contributed by atoms with van der Waals surface area (Å²) in [4.78, 5) is 18.5. The molecule has 0 amide bonds. The highest BCUT2D eigenvalue weighted by Crippen LogP contribution is 1.86. The molecule has 0 aromatic carbocycles. The molecule has 80 valence electrons. The first kappa shape index (κ1) is 12.5. The second-order valence-corrected chi connectivity index (χ2v) is 2.39. The first-order valence-electron chi connectivity index (χ1n) is 3.55. The van der Waals surface area contributed by atoms with E-state index in [9.17, 15) is 20.2 Å². The molecule has 0 aliphatic heterocycles. The molecule has 0 aromatic heterocycles. The Labute approximate surface area is 84.1 Å². The number of ether oxygens (including phenoxy) is 2. The average Bonchev–Trinajstić information content (AvgIpc) is 2.02. The van der Waals surface area contributed by atoms with E-state index in [1.807, 2.05) is 0 Å². The monoisotopic (exact) mass is 224 g/mol. The fourth-order valence-corrected chi connectivity index (χ4v) is 0.615. The van der Waals surface area contributed by atoms with Crippen LogP contribution in [0.4, 0.5) is 0 Å². The van der Waals surface area contributed by atoms with Crippen LogP contribution in [-0.4, -0.2) is 41.4 Å². The number of hydrogen-bond donors (Lipinski definition) is 0. The molecule has 0 heterocycles. The van der Waals surface area contributed by atoms with Crippen molar-refractivity contribution < 1.29 is 19.3 Å². The highest BCUT2D eigenvalue weighted by atomic mass is 32.1. The van der Waals surface area contributed by atoms with E-state index in [1.165, 1.54) is 0 Å². The SMILES string of the molecule is O=[N+]([O-])CCOC(=S)OCC[N+](=O)[O-]. The predicted molar refractivity (Wildman–Crippen MR) is 48.2 cm³/mol. The summed E-state index contributed by atoms with van der Waals surface area (Å²) in [5, 5.41) is 19.4. The van der Waals surface area contributed by atoms with Crippen LogP contribution in [0.2, 0.25) is 0 Å². The van der Waals surface area contributed by atoms with E-state index in [0.717, 1.165) is 0 Å². The van der Waals surface area contributed by atoms with Crippen LogP contribution in [0.3, 0.4) is 0 Å². The largest absolute Gasteiger partial charge is 0.450 e. The van der Waals surface area contributed by atoms with Gasteiger partial charge < -0.3 is 9.47 Å². The van der Waals surface area contributed by atoms with Crippen LogP contribution >= 0.6 is 12.2 Å². The molecular weight excluding hydrogens is 216 g/mol. The Morgan fingerprint density at radius 3 is 1.71 bits per heavy atom. The normalized spacial score (nSPS) is 9.14. The maximum atomic E-state index is 9.84. The topological polar surface area (TPSA) is 105 Å². The van der Waals surface area contributed by atoms with Gasteiger partial charge in [-0.25, -0.2) is 0 Å². The minimum Gasteiger partial charge on any atom is -0.450 e. The fourth-order valence-electron chi connectivity index (χ4n) is 0.449. The highest BCUT2D eigenvalue weighted by Gasteiger charge is 2.04. The average molecular weight is 224 g/mol. The third-order valence-corrected chi connectivity index (χ3v) is 1.22. The number of nitro groups is 2. The molecule has 0 spiro atoms. The fraction of sp³-hybridized carbons (Fsp3) is 0.800. The van der Waals surface area contributed by atoms with Gasteiger partial charge in [0.25, 0.3) is 0 Å².